The topological polar surface area (TPSA) is 92.4 Å². The summed E-state index contributed by atoms with van der Waals surface area (Å²) in [6.45, 7) is 3.24. The third-order valence-electron chi connectivity index (χ3n) is 4.44. The van der Waals surface area contributed by atoms with E-state index in [2.05, 4.69) is 14.9 Å². The van der Waals surface area contributed by atoms with E-state index in [0.29, 0.717) is 36.9 Å². The Morgan fingerprint density at radius 3 is 2.62 bits per heavy atom. The molecule has 1 fully saturated rings. The molecule has 0 amide bonds. The van der Waals surface area contributed by atoms with Crippen LogP contribution in [-0.4, -0.2) is 48.6 Å². The number of anilines is 2. The Hall–Kier alpha value is -1.90. The van der Waals surface area contributed by atoms with Crippen LogP contribution in [0.5, 0.6) is 0 Å². The smallest absolute Gasteiger partial charge is 0.222 e. The van der Waals surface area contributed by atoms with E-state index in [1.165, 1.54) is 10.6 Å². The first-order chi connectivity index (χ1) is 12.3. The Morgan fingerprint density at radius 2 is 1.96 bits per heavy atom. The van der Waals surface area contributed by atoms with Gasteiger partial charge >= 0.3 is 0 Å². The molecule has 0 saturated carbocycles. The van der Waals surface area contributed by atoms with Gasteiger partial charge in [0.1, 0.15) is 5.82 Å². The molecule has 7 nitrogen and oxygen atoms in total. The number of aryl methyl sites for hydroxylation is 1. The Kier molecular flexibility index (Phi) is 5.36. The molecule has 0 unspecified atom stereocenters. The third kappa shape index (κ3) is 4.08. The maximum Gasteiger partial charge on any atom is 0.222 e. The summed E-state index contributed by atoms with van der Waals surface area (Å²) in [6, 6.07) is 9.07. The number of halogens is 1. The molecule has 1 aliphatic rings. The predicted octanol–water partition coefficient (Wildman–Crippen LogP) is 2.23. The molecule has 9 heteroatoms. The Balaban J connectivity index is 2.09. The molecule has 26 heavy (non-hydrogen) atoms. The van der Waals surface area contributed by atoms with Gasteiger partial charge in [-0.25, -0.2) is 13.4 Å². The van der Waals surface area contributed by atoms with Gasteiger partial charge in [0.25, 0.3) is 0 Å². The van der Waals surface area contributed by atoms with E-state index in [0.717, 1.165) is 11.3 Å². The summed E-state index contributed by atoms with van der Waals surface area (Å²) in [6.07, 6.45) is 1.91. The van der Waals surface area contributed by atoms with E-state index >= 15 is 0 Å². The van der Waals surface area contributed by atoms with Crippen molar-refractivity contribution in [1.82, 2.24) is 14.3 Å². The average molecular weight is 396 g/mol. The van der Waals surface area contributed by atoms with Crippen LogP contribution in [0.3, 0.4) is 0 Å². The van der Waals surface area contributed by atoms with Crippen LogP contribution in [0, 0.1) is 6.92 Å². The predicted molar refractivity (Wildman–Crippen MR) is 104 cm³/mol. The number of nitrogens with zero attached hydrogens (tertiary/aromatic N) is 4. The monoisotopic (exact) mass is 395 g/mol. The molecule has 1 aliphatic heterocycles. The zero-order valence-electron chi connectivity index (χ0n) is 14.8. The Bertz CT molecular complexity index is 886. The van der Waals surface area contributed by atoms with Crippen LogP contribution in [0.1, 0.15) is 23.7 Å². The molecule has 0 spiro atoms. The van der Waals surface area contributed by atoms with Crippen molar-refractivity contribution in [2.45, 2.75) is 19.4 Å². The van der Waals surface area contributed by atoms with Crippen molar-refractivity contribution >= 4 is 33.4 Å². The van der Waals surface area contributed by atoms with Gasteiger partial charge in [0.05, 0.1) is 12.3 Å². The maximum atomic E-state index is 12.2. The van der Waals surface area contributed by atoms with E-state index < -0.39 is 10.0 Å². The number of rotatable bonds is 3. The fourth-order valence-corrected chi connectivity index (χ4v) is 4.40. The first kappa shape index (κ1) is 18.9. The second-order valence-corrected chi connectivity index (χ2v) is 8.82. The molecule has 1 atom stereocenters. The molecule has 2 aromatic rings. The number of hydrogen-bond donors (Lipinski definition) is 1. The largest absolute Gasteiger partial charge is 0.368 e. The lowest BCUT2D eigenvalue weighted by molar-refractivity contribution is 0.410. The van der Waals surface area contributed by atoms with Crippen LogP contribution in [0.25, 0.3) is 0 Å². The third-order valence-corrected chi connectivity index (χ3v) is 6.06. The van der Waals surface area contributed by atoms with Gasteiger partial charge in [-0.3, -0.25) is 0 Å². The summed E-state index contributed by atoms with van der Waals surface area (Å²) >= 11 is 6.44. The van der Waals surface area contributed by atoms with Gasteiger partial charge in [-0.1, -0.05) is 29.8 Å². The lowest BCUT2D eigenvalue weighted by Gasteiger charge is -2.33. The van der Waals surface area contributed by atoms with Crippen molar-refractivity contribution in [3.63, 3.8) is 0 Å². The van der Waals surface area contributed by atoms with Crippen molar-refractivity contribution in [3.8, 4) is 0 Å². The van der Waals surface area contributed by atoms with Crippen LogP contribution in [0.2, 0.25) is 5.02 Å². The minimum atomic E-state index is -3.32. The Morgan fingerprint density at radius 1 is 1.23 bits per heavy atom. The Labute approximate surface area is 158 Å². The van der Waals surface area contributed by atoms with Gasteiger partial charge in [0.2, 0.25) is 16.0 Å². The average Bonchev–Trinajstić information content (AvgIpc) is 2.77. The van der Waals surface area contributed by atoms with Crippen molar-refractivity contribution in [1.29, 1.82) is 0 Å². The fourth-order valence-electron chi connectivity index (χ4n) is 3.26. The summed E-state index contributed by atoms with van der Waals surface area (Å²) in [5.74, 6) is 0.873. The van der Waals surface area contributed by atoms with E-state index in [4.69, 9.17) is 17.3 Å². The molecule has 3 rings (SSSR count). The zero-order valence-corrected chi connectivity index (χ0v) is 16.3. The van der Waals surface area contributed by atoms with Gasteiger partial charge in [-0.15, -0.1) is 0 Å². The standard InChI is InChI=1S/C17H22ClN5O2S/c1-12-10-16(21-17(19)20-12)23-9-5-8-22(26(2,24)25)11-15(23)13-6-3-4-7-14(13)18/h3-4,6-7,10,15H,5,8-9,11H2,1-2H3,(H2,19,20,21)/t15-/m0/s1. The second-order valence-electron chi connectivity index (χ2n) is 6.43. The first-order valence-corrected chi connectivity index (χ1v) is 10.6. The molecule has 1 aromatic carbocycles. The lowest BCUT2D eigenvalue weighted by atomic mass is 10.1. The van der Waals surface area contributed by atoms with Crippen LogP contribution in [0.4, 0.5) is 11.8 Å². The zero-order chi connectivity index (χ0) is 18.9. The highest BCUT2D eigenvalue weighted by molar-refractivity contribution is 7.88. The molecule has 1 aromatic heterocycles. The van der Waals surface area contributed by atoms with Crippen LogP contribution in [0.15, 0.2) is 30.3 Å². The molecule has 0 radical (unpaired) electrons. The number of benzene rings is 1. The van der Waals surface area contributed by atoms with Crippen LogP contribution in [-0.2, 0) is 10.0 Å². The quantitative estimate of drug-likeness (QED) is 0.856. The minimum Gasteiger partial charge on any atom is -0.368 e. The number of sulfonamides is 1. The summed E-state index contributed by atoms with van der Waals surface area (Å²) in [4.78, 5) is 10.6. The molecule has 0 aliphatic carbocycles. The summed E-state index contributed by atoms with van der Waals surface area (Å²) in [7, 11) is -3.32. The number of nitrogen functional groups attached to an aromatic ring is 1. The van der Waals surface area contributed by atoms with Crippen LogP contribution < -0.4 is 10.6 Å². The van der Waals surface area contributed by atoms with Crippen molar-refractivity contribution in [2.24, 2.45) is 0 Å². The van der Waals surface area contributed by atoms with E-state index in [-0.39, 0.29) is 12.0 Å². The van der Waals surface area contributed by atoms with Gasteiger partial charge in [-0.2, -0.15) is 9.29 Å². The van der Waals surface area contributed by atoms with Gasteiger partial charge in [-0.05, 0) is 25.0 Å². The fraction of sp³-hybridized carbons (Fsp3) is 0.412. The van der Waals surface area contributed by atoms with Gasteiger partial charge in [0, 0.05) is 36.4 Å². The van der Waals surface area contributed by atoms with Gasteiger partial charge in [0.15, 0.2) is 0 Å². The summed E-state index contributed by atoms with van der Waals surface area (Å²) < 4.78 is 25.9. The normalized spacial score (nSPS) is 19.3. The maximum absolute atomic E-state index is 12.2. The van der Waals surface area contributed by atoms with Crippen molar-refractivity contribution in [2.75, 3.05) is 36.5 Å². The molecule has 0 bridgehead atoms. The van der Waals surface area contributed by atoms with Crippen LogP contribution >= 0.6 is 11.6 Å². The van der Waals surface area contributed by atoms with E-state index in [1.807, 2.05) is 37.3 Å². The van der Waals surface area contributed by atoms with Gasteiger partial charge < -0.3 is 10.6 Å². The van der Waals surface area contributed by atoms with E-state index in [1.54, 1.807) is 0 Å². The first-order valence-electron chi connectivity index (χ1n) is 8.33. The molecular weight excluding hydrogens is 374 g/mol. The number of hydrogen-bond acceptors (Lipinski definition) is 6. The highest BCUT2D eigenvalue weighted by Crippen LogP contribution is 2.34. The summed E-state index contributed by atoms with van der Waals surface area (Å²) in [5.41, 5.74) is 7.45. The SMILES string of the molecule is Cc1cc(N2CCCN(S(C)(=O)=O)C[C@H]2c2ccccc2Cl)nc(N)n1. The van der Waals surface area contributed by atoms with E-state index in [9.17, 15) is 8.42 Å². The molecule has 140 valence electrons. The van der Waals surface area contributed by atoms with Crippen molar-refractivity contribution in [3.05, 3.63) is 46.6 Å². The van der Waals surface area contributed by atoms with Crippen molar-refractivity contribution < 1.29 is 8.42 Å². The molecular formula is C17H22ClN5O2S. The second kappa shape index (κ2) is 7.38. The molecule has 1 saturated heterocycles. The minimum absolute atomic E-state index is 0.196. The molecule has 2 heterocycles. The lowest BCUT2D eigenvalue weighted by Crippen LogP contribution is -2.37. The number of aromatic nitrogens is 2. The highest BCUT2D eigenvalue weighted by atomic mass is 35.5. The summed E-state index contributed by atoms with van der Waals surface area (Å²) in [5, 5.41) is 0.594. The highest BCUT2D eigenvalue weighted by Gasteiger charge is 2.32. The number of nitrogens with two attached hydrogens (primary N) is 1. The molecule has 2 N–H and O–H groups in total.